The van der Waals surface area contributed by atoms with Crippen molar-refractivity contribution in [3.8, 4) is 0 Å². The molecule has 102 valence electrons. The molecule has 1 heterocycles. The summed E-state index contributed by atoms with van der Waals surface area (Å²) >= 11 is 0. The molecule has 19 heavy (non-hydrogen) atoms. The zero-order valence-corrected chi connectivity index (χ0v) is 10.3. The zero-order valence-electron chi connectivity index (χ0n) is 10.3. The average Bonchev–Trinajstić information content (AvgIpc) is 2.77. The lowest BCUT2D eigenvalue weighted by atomic mass is 10.3. The maximum Gasteiger partial charge on any atom is 0.322 e. The lowest BCUT2D eigenvalue weighted by Crippen LogP contribution is -2.38. The highest BCUT2D eigenvalue weighted by Gasteiger charge is 2.04. The van der Waals surface area contributed by atoms with E-state index in [2.05, 4.69) is 15.7 Å². The Balaban J connectivity index is 2.29. The first-order valence-electron chi connectivity index (χ1n) is 5.40. The second-order valence-corrected chi connectivity index (χ2v) is 3.67. The highest BCUT2D eigenvalue weighted by molar-refractivity contribution is 5.94. The van der Waals surface area contributed by atoms with E-state index in [1.54, 1.807) is 30.2 Å². The van der Waals surface area contributed by atoms with E-state index < -0.39 is 24.3 Å². The van der Waals surface area contributed by atoms with E-state index >= 15 is 0 Å². The largest absolute Gasteiger partial charge is 0.480 e. The van der Waals surface area contributed by atoms with Crippen molar-refractivity contribution in [1.29, 1.82) is 0 Å². The number of nitrogens with zero attached hydrogens (tertiary/aromatic N) is 2. The third kappa shape index (κ3) is 6.01. The van der Waals surface area contributed by atoms with Gasteiger partial charge >= 0.3 is 5.97 Å². The number of nitrogens with one attached hydrogen (secondary N) is 2. The van der Waals surface area contributed by atoms with Gasteiger partial charge in [0.15, 0.2) is 0 Å². The van der Waals surface area contributed by atoms with E-state index in [0.717, 1.165) is 5.56 Å². The van der Waals surface area contributed by atoms with Gasteiger partial charge in [-0.05, 0) is 6.08 Å². The highest BCUT2D eigenvalue weighted by atomic mass is 16.4. The van der Waals surface area contributed by atoms with Crippen molar-refractivity contribution in [3.63, 3.8) is 0 Å². The molecule has 0 bridgehead atoms. The summed E-state index contributed by atoms with van der Waals surface area (Å²) in [6.07, 6.45) is 6.13. The summed E-state index contributed by atoms with van der Waals surface area (Å²) in [6, 6.07) is 0. The number of amides is 2. The van der Waals surface area contributed by atoms with Crippen LogP contribution >= 0.6 is 0 Å². The quantitative estimate of drug-likeness (QED) is 0.557. The summed E-state index contributed by atoms with van der Waals surface area (Å²) < 4.78 is 1.59. The molecule has 0 unspecified atom stereocenters. The molecule has 8 heteroatoms. The first-order chi connectivity index (χ1) is 8.97. The smallest absolute Gasteiger partial charge is 0.322 e. The molecule has 0 spiro atoms. The van der Waals surface area contributed by atoms with Gasteiger partial charge in [0.25, 0.3) is 0 Å². The van der Waals surface area contributed by atoms with Gasteiger partial charge in [0.1, 0.15) is 6.54 Å². The summed E-state index contributed by atoms with van der Waals surface area (Å²) in [5.74, 6) is -2.16. The summed E-state index contributed by atoms with van der Waals surface area (Å²) in [7, 11) is 1.75. The number of hydrogen-bond acceptors (Lipinski definition) is 4. The van der Waals surface area contributed by atoms with Crippen molar-refractivity contribution in [2.75, 3.05) is 13.1 Å². The van der Waals surface area contributed by atoms with E-state index in [-0.39, 0.29) is 6.54 Å². The van der Waals surface area contributed by atoms with Crippen LogP contribution in [0, 0.1) is 0 Å². The van der Waals surface area contributed by atoms with Gasteiger partial charge in [-0.1, -0.05) is 0 Å². The molecule has 0 saturated heterocycles. The molecule has 1 rings (SSSR count). The molecule has 0 fully saturated rings. The highest BCUT2D eigenvalue weighted by Crippen LogP contribution is 1.98. The Morgan fingerprint density at radius 2 is 2.11 bits per heavy atom. The van der Waals surface area contributed by atoms with Gasteiger partial charge in [-0.15, -0.1) is 0 Å². The molecule has 1 aromatic rings. The van der Waals surface area contributed by atoms with Crippen LogP contribution in [0.2, 0.25) is 0 Å². The van der Waals surface area contributed by atoms with Crippen LogP contribution in [0.15, 0.2) is 18.5 Å². The molecule has 0 aromatic carbocycles. The second-order valence-electron chi connectivity index (χ2n) is 3.67. The van der Waals surface area contributed by atoms with Crippen LogP contribution in [-0.2, 0) is 21.4 Å². The van der Waals surface area contributed by atoms with Crippen molar-refractivity contribution in [3.05, 3.63) is 24.0 Å². The Bertz CT molecular complexity index is 507. The molecular formula is C11H14N4O4. The van der Waals surface area contributed by atoms with E-state index in [1.807, 2.05) is 0 Å². The summed E-state index contributed by atoms with van der Waals surface area (Å²) in [5.41, 5.74) is 0.757. The fraction of sp³-hybridized carbons (Fsp3) is 0.273. The van der Waals surface area contributed by atoms with E-state index in [4.69, 9.17) is 5.11 Å². The maximum absolute atomic E-state index is 11.3. The monoisotopic (exact) mass is 266 g/mol. The van der Waals surface area contributed by atoms with Crippen LogP contribution in [0.25, 0.3) is 6.08 Å². The fourth-order valence-electron chi connectivity index (χ4n) is 1.16. The second kappa shape index (κ2) is 6.94. The standard InChI is InChI=1S/C11H14N4O4/c1-15-7-8(4-14-15)2-3-9(16)12-5-10(17)13-6-11(18)19/h2-4,7H,5-6H2,1H3,(H,12,16)(H,13,17)(H,18,19)/b3-2+. The van der Waals surface area contributed by atoms with Crippen molar-refractivity contribution < 1.29 is 19.5 Å². The third-order valence-corrected chi connectivity index (χ3v) is 2.01. The fourth-order valence-corrected chi connectivity index (χ4v) is 1.16. The number of aliphatic carboxylic acids is 1. The van der Waals surface area contributed by atoms with Gasteiger partial charge in [0.2, 0.25) is 11.8 Å². The normalized spacial score (nSPS) is 10.4. The van der Waals surface area contributed by atoms with Crippen molar-refractivity contribution in [2.45, 2.75) is 0 Å². The molecular weight excluding hydrogens is 252 g/mol. The number of carbonyl (C=O) groups is 3. The topological polar surface area (TPSA) is 113 Å². The predicted molar refractivity (Wildman–Crippen MR) is 65.9 cm³/mol. The van der Waals surface area contributed by atoms with Gasteiger partial charge in [-0.2, -0.15) is 5.10 Å². The van der Waals surface area contributed by atoms with Gasteiger partial charge < -0.3 is 15.7 Å². The van der Waals surface area contributed by atoms with Crippen LogP contribution in [0.3, 0.4) is 0 Å². The molecule has 8 nitrogen and oxygen atoms in total. The summed E-state index contributed by atoms with van der Waals surface area (Å²) in [5, 5.41) is 16.7. The predicted octanol–water partition coefficient (Wildman–Crippen LogP) is -1.25. The number of hydrogen-bond donors (Lipinski definition) is 3. The Labute approximate surface area is 109 Å². The Morgan fingerprint density at radius 3 is 2.68 bits per heavy atom. The minimum absolute atomic E-state index is 0.274. The molecule has 0 atom stereocenters. The van der Waals surface area contributed by atoms with Crippen LogP contribution in [-0.4, -0.2) is 45.8 Å². The van der Waals surface area contributed by atoms with Gasteiger partial charge in [-0.3, -0.25) is 19.1 Å². The van der Waals surface area contributed by atoms with E-state index in [9.17, 15) is 14.4 Å². The van der Waals surface area contributed by atoms with Crippen LogP contribution in [0.5, 0.6) is 0 Å². The first-order valence-corrected chi connectivity index (χ1v) is 5.40. The van der Waals surface area contributed by atoms with Crippen LogP contribution < -0.4 is 10.6 Å². The molecule has 3 N–H and O–H groups in total. The van der Waals surface area contributed by atoms with E-state index in [0.29, 0.717) is 0 Å². The first kappa shape index (κ1) is 14.4. The summed E-state index contributed by atoms with van der Waals surface area (Å²) in [4.78, 5) is 32.6. The van der Waals surface area contributed by atoms with E-state index in [1.165, 1.54) is 6.08 Å². The van der Waals surface area contributed by atoms with Crippen LogP contribution in [0.1, 0.15) is 5.56 Å². The third-order valence-electron chi connectivity index (χ3n) is 2.01. The summed E-state index contributed by atoms with van der Waals surface area (Å²) in [6.45, 7) is -0.746. The number of rotatable bonds is 6. The molecule has 0 aliphatic heterocycles. The number of aromatic nitrogens is 2. The van der Waals surface area contributed by atoms with Gasteiger partial charge in [0, 0.05) is 24.9 Å². The van der Waals surface area contributed by atoms with Crippen molar-refractivity contribution in [1.82, 2.24) is 20.4 Å². The lowest BCUT2D eigenvalue weighted by Gasteiger charge is -2.02. The molecule has 2 amide bonds. The maximum atomic E-state index is 11.3. The van der Waals surface area contributed by atoms with Gasteiger partial charge in [-0.25, -0.2) is 0 Å². The Morgan fingerprint density at radius 1 is 1.37 bits per heavy atom. The van der Waals surface area contributed by atoms with Crippen molar-refractivity contribution >= 4 is 23.9 Å². The number of carboxylic acid groups (broad SMARTS) is 1. The number of carbonyl (C=O) groups excluding carboxylic acids is 2. The molecule has 0 aliphatic rings. The SMILES string of the molecule is Cn1cc(/C=C/C(=O)NCC(=O)NCC(=O)O)cn1. The van der Waals surface area contributed by atoms with Crippen LogP contribution in [0.4, 0.5) is 0 Å². The average molecular weight is 266 g/mol. The Kier molecular flexibility index (Phi) is 5.27. The minimum atomic E-state index is -1.14. The van der Waals surface area contributed by atoms with Gasteiger partial charge in [0.05, 0.1) is 12.7 Å². The number of carboxylic acids is 1. The number of aryl methyl sites for hydroxylation is 1. The van der Waals surface area contributed by atoms with Crippen molar-refractivity contribution in [2.24, 2.45) is 7.05 Å². The lowest BCUT2D eigenvalue weighted by molar-refractivity contribution is -0.137. The molecule has 0 aliphatic carbocycles. The minimum Gasteiger partial charge on any atom is -0.480 e. The Hall–Kier alpha value is -2.64. The molecule has 1 aromatic heterocycles. The zero-order chi connectivity index (χ0) is 14.3. The molecule has 0 saturated carbocycles. The molecule has 0 radical (unpaired) electrons.